The fraction of sp³-hybridized carbons (Fsp3) is 0.0357. The first kappa shape index (κ1) is 19.5. The molecular formula is C28H19IrN3Se-2. The SMILES string of the molecule is [2H]C([2H])([2H])c1ccc(-c2[c-]cccc2)nc1.[Ir].[c-]1ccncc1-c1cc2c(cn1)[se]c1ccccc12. The van der Waals surface area contributed by atoms with Crippen LogP contribution in [-0.2, 0) is 20.1 Å². The summed E-state index contributed by atoms with van der Waals surface area (Å²) in [5.41, 5.74) is 3.74. The molecule has 0 fully saturated rings. The van der Waals surface area contributed by atoms with E-state index < -0.39 is 6.85 Å². The van der Waals surface area contributed by atoms with E-state index in [2.05, 4.69) is 57.4 Å². The number of rotatable bonds is 2. The molecular weight excluding hydrogens is 650 g/mol. The van der Waals surface area contributed by atoms with Gasteiger partial charge < -0.3 is 4.98 Å². The molecule has 4 heterocycles. The minimum atomic E-state index is -2.09. The fourth-order valence-electron chi connectivity index (χ4n) is 3.35. The molecule has 0 aliphatic heterocycles. The van der Waals surface area contributed by atoms with E-state index in [0.29, 0.717) is 14.5 Å². The van der Waals surface area contributed by atoms with Crippen LogP contribution in [-0.4, -0.2) is 29.5 Å². The van der Waals surface area contributed by atoms with E-state index in [1.54, 1.807) is 30.6 Å². The first-order chi connectivity index (χ1) is 17.0. The van der Waals surface area contributed by atoms with Crippen molar-refractivity contribution in [2.24, 2.45) is 0 Å². The minimum absolute atomic E-state index is 0. The van der Waals surface area contributed by atoms with Gasteiger partial charge in [0.25, 0.3) is 0 Å². The summed E-state index contributed by atoms with van der Waals surface area (Å²) in [6.07, 6.45) is 6.94. The molecule has 6 rings (SSSR count). The van der Waals surface area contributed by atoms with Crippen LogP contribution >= 0.6 is 0 Å². The summed E-state index contributed by atoms with van der Waals surface area (Å²) in [6, 6.07) is 29.6. The Bertz CT molecular complexity index is 1570. The molecule has 163 valence electrons. The molecule has 2 aromatic carbocycles. The van der Waals surface area contributed by atoms with Crippen LogP contribution in [0.15, 0.2) is 97.6 Å². The van der Waals surface area contributed by atoms with Crippen LogP contribution in [0.4, 0.5) is 0 Å². The van der Waals surface area contributed by atoms with E-state index in [4.69, 9.17) is 4.11 Å². The van der Waals surface area contributed by atoms with Crippen LogP contribution in [0.5, 0.6) is 0 Å². The predicted octanol–water partition coefficient (Wildman–Crippen LogP) is 6.16. The zero-order valence-corrected chi connectivity index (χ0v) is 21.4. The van der Waals surface area contributed by atoms with Gasteiger partial charge in [-0.3, -0.25) is 0 Å². The summed E-state index contributed by atoms with van der Waals surface area (Å²) >= 11 is 0.385. The molecule has 4 aromatic heterocycles. The molecule has 0 aliphatic carbocycles. The Kier molecular flexibility index (Phi) is 6.38. The maximum atomic E-state index is 7.23. The summed E-state index contributed by atoms with van der Waals surface area (Å²) < 4.78 is 24.5. The third-order valence-corrected chi connectivity index (χ3v) is 7.24. The van der Waals surface area contributed by atoms with Crippen molar-refractivity contribution in [3.8, 4) is 22.5 Å². The number of nitrogens with zero attached hydrogens (tertiary/aromatic N) is 3. The summed E-state index contributed by atoms with van der Waals surface area (Å²) in [5, 5.41) is 2.67. The Morgan fingerprint density at radius 3 is 2.36 bits per heavy atom. The second kappa shape index (κ2) is 10.8. The molecule has 0 amide bonds. The van der Waals surface area contributed by atoms with Crippen molar-refractivity contribution in [2.75, 3.05) is 0 Å². The first-order valence-corrected chi connectivity index (χ1v) is 11.7. The van der Waals surface area contributed by atoms with E-state index in [9.17, 15) is 0 Å². The van der Waals surface area contributed by atoms with Crippen LogP contribution in [0, 0.1) is 19.0 Å². The molecule has 0 bridgehead atoms. The molecule has 0 spiro atoms. The zero-order valence-electron chi connectivity index (χ0n) is 20.3. The molecule has 33 heavy (non-hydrogen) atoms. The topological polar surface area (TPSA) is 38.7 Å². The van der Waals surface area contributed by atoms with Crippen molar-refractivity contribution < 1.29 is 24.2 Å². The van der Waals surface area contributed by atoms with Gasteiger partial charge >= 0.3 is 116 Å². The van der Waals surface area contributed by atoms with Gasteiger partial charge in [0.1, 0.15) is 0 Å². The Morgan fingerprint density at radius 1 is 0.758 bits per heavy atom. The number of pyridine rings is 3. The Balaban J connectivity index is 0.000000167. The second-order valence-corrected chi connectivity index (χ2v) is 9.30. The maximum absolute atomic E-state index is 7.23. The standard InChI is InChI=1S/C16H9N2Se.C12H10N.Ir/c1-2-6-15-12(5-1)13-8-14(18-10-16(13)19-15)11-4-3-7-17-9-11;1-10-7-8-12(13-9-10)11-5-3-2-4-6-11;/h1-3,5-10H;2-5,7-9H,1H3;/q2*-1;/i;1D3;. The van der Waals surface area contributed by atoms with E-state index in [1.165, 1.54) is 25.5 Å². The van der Waals surface area contributed by atoms with Gasteiger partial charge in [-0.15, -0.1) is 35.9 Å². The van der Waals surface area contributed by atoms with Crippen molar-refractivity contribution in [2.45, 2.75) is 6.85 Å². The van der Waals surface area contributed by atoms with Gasteiger partial charge in [-0.25, -0.2) is 0 Å². The van der Waals surface area contributed by atoms with Crippen LogP contribution in [0.3, 0.4) is 0 Å². The molecule has 0 saturated heterocycles. The predicted molar refractivity (Wildman–Crippen MR) is 132 cm³/mol. The number of hydrogen-bond donors (Lipinski definition) is 0. The average Bonchev–Trinajstić information content (AvgIpc) is 3.28. The van der Waals surface area contributed by atoms with Crippen molar-refractivity contribution in [1.82, 2.24) is 15.0 Å². The van der Waals surface area contributed by atoms with Gasteiger partial charge in [-0.05, 0) is 18.1 Å². The summed E-state index contributed by atoms with van der Waals surface area (Å²) in [4.78, 5) is 12.8. The molecule has 3 nitrogen and oxygen atoms in total. The van der Waals surface area contributed by atoms with E-state index in [-0.39, 0.29) is 25.7 Å². The van der Waals surface area contributed by atoms with Crippen molar-refractivity contribution in [3.05, 3.63) is 115 Å². The molecule has 1 radical (unpaired) electrons. The van der Waals surface area contributed by atoms with Gasteiger partial charge in [0.2, 0.25) is 0 Å². The quantitative estimate of drug-likeness (QED) is 0.164. The van der Waals surface area contributed by atoms with E-state index in [0.717, 1.165) is 22.5 Å². The Labute approximate surface area is 216 Å². The van der Waals surface area contributed by atoms with Gasteiger partial charge in [0, 0.05) is 30.4 Å². The number of benzene rings is 2. The fourth-order valence-corrected chi connectivity index (χ4v) is 5.56. The number of fused-ring (bicyclic) bond motifs is 3. The van der Waals surface area contributed by atoms with Crippen molar-refractivity contribution in [1.29, 1.82) is 0 Å². The molecule has 0 unspecified atom stereocenters. The Hall–Kier alpha value is -2.94. The summed E-state index contributed by atoms with van der Waals surface area (Å²) in [7, 11) is 0. The molecule has 0 saturated carbocycles. The molecule has 5 heteroatoms. The number of aromatic nitrogens is 3. The molecule has 6 aromatic rings. The number of aryl methyl sites for hydroxylation is 1. The van der Waals surface area contributed by atoms with Gasteiger partial charge in [-0.1, -0.05) is 12.1 Å². The van der Waals surface area contributed by atoms with Gasteiger partial charge in [0.15, 0.2) is 0 Å². The normalized spacial score (nSPS) is 12.1. The van der Waals surface area contributed by atoms with Gasteiger partial charge in [0.05, 0.1) is 0 Å². The first-order valence-electron chi connectivity index (χ1n) is 11.5. The molecule has 0 N–H and O–H groups in total. The van der Waals surface area contributed by atoms with Gasteiger partial charge in [-0.2, -0.15) is 0 Å². The van der Waals surface area contributed by atoms with Crippen LogP contribution in [0.25, 0.3) is 41.8 Å². The molecule has 0 atom stereocenters. The van der Waals surface area contributed by atoms with Crippen LogP contribution in [0.1, 0.15) is 9.68 Å². The van der Waals surface area contributed by atoms with E-state index in [1.807, 2.05) is 30.5 Å². The number of hydrogen-bond acceptors (Lipinski definition) is 3. The second-order valence-electron chi connectivity index (χ2n) is 7.02. The van der Waals surface area contributed by atoms with Crippen molar-refractivity contribution in [3.63, 3.8) is 0 Å². The summed E-state index contributed by atoms with van der Waals surface area (Å²) in [5.74, 6) is 0. The van der Waals surface area contributed by atoms with Crippen LogP contribution < -0.4 is 0 Å². The molecule has 0 aliphatic rings. The third-order valence-electron chi connectivity index (χ3n) is 4.89. The summed E-state index contributed by atoms with van der Waals surface area (Å²) in [6.45, 7) is -2.09. The van der Waals surface area contributed by atoms with E-state index >= 15 is 0 Å². The Morgan fingerprint density at radius 2 is 1.61 bits per heavy atom. The monoisotopic (exact) mass is 673 g/mol. The average molecular weight is 672 g/mol. The van der Waals surface area contributed by atoms with Crippen LogP contribution in [0.2, 0.25) is 0 Å². The third kappa shape index (κ3) is 5.35. The zero-order chi connectivity index (χ0) is 24.3. The van der Waals surface area contributed by atoms with Crippen molar-refractivity contribution >= 4 is 33.8 Å².